The van der Waals surface area contributed by atoms with Crippen LogP contribution in [0, 0.1) is 6.92 Å². The second kappa shape index (κ2) is 6.00. The van der Waals surface area contributed by atoms with Gasteiger partial charge in [-0.15, -0.1) is 10.2 Å². The molecule has 1 N–H and O–H groups in total. The highest BCUT2D eigenvalue weighted by atomic mass is 35.5. The minimum Gasteiger partial charge on any atom is -0.345 e. The van der Waals surface area contributed by atoms with E-state index >= 15 is 0 Å². The van der Waals surface area contributed by atoms with E-state index in [1.165, 1.54) is 0 Å². The maximum Gasteiger partial charge on any atom is 0.291 e. The number of halogens is 1. The van der Waals surface area contributed by atoms with Crippen molar-refractivity contribution in [3.05, 3.63) is 46.0 Å². The van der Waals surface area contributed by atoms with E-state index < -0.39 is 0 Å². The Balaban J connectivity index is 1.72. The van der Waals surface area contributed by atoms with Crippen molar-refractivity contribution in [2.45, 2.75) is 20.0 Å². The number of hydrogen-bond donors (Lipinski definition) is 1. The van der Waals surface area contributed by atoms with E-state index in [0.717, 1.165) is 5.56 Å². The summed E-state index contributed by atoms with van der Waals surface area (Å²) in [5, 5.41) is 11.3. The molecule has 0 saturated carbocycles. The molecule has 2 amide bonds. The number of amides is 2. The molecule has 0 radical (unpaired) electrons. The van der Waals surface area contributed by atoms with E-state index in [0.29, 0.717) is 35.3 Å². The number of carbonyl (C=O) groups excluding carboxylic acids is 2. The third-order valence-electron chi connectivity index (χ3n) is 3.85. The van der Waals surface area contributed by atoms with Gasteiger partial charge in [-0.3, -0.25) is 9.59 Å². The molecule has 23 heavy (non-hydrogen) atoms. The van der Waals surface area contributed by atoms with E-state index in [9.17, 15) is 9.59 Å². The van der Waals surface area contributed by atoms with Gasteiger partial charge in [-0.05, 0) is 30.7 Å². The molecule has 0 atom stereocenters. The summed E-state index contributed by atoms with van der Waals surface area (Å²) in [5.41, 5.74) is 1.37. The molecule has 0 aliphatic carbocycles. The Morgan fingerprint density at radius 1 is 1.35 bits per heavy atom. The van der Waals surface area contributed by atoms with E-state index in [1.807, 2.05) is 6.92 Å². The van der Waals surface area contributed by atoms with Gasteiger partial charge in [-0.1, -0.05) is 11.6 Å². The van der Waals surface area contributed by atoms with Crippen LogP contribution >= 0.6 is 11.6 Å². The maximum atomic E-state index is 12.2. The number of fused-ring (bicyclic) bond motifs is 1. The van der Waals surface area contributed by atoms with Crippen molar-refractivity contribution < 1.29 is 9.59 Å². The Morgan fingerprint density at radius 3 is 2.87 bits per heavy atom. The molecule has 0 unspecified atom stereocenters. The largest absolute Gasteiger partial charge is 0.345 e. The molecule has 2 aromatic rings. The molecule has 2 heterocycles. The Hall–Kier alpha value is -2.41. The molecular formula is C15H16ClN5O2. The number of likely N-dealkylation sites (N-methyl/N-ethyl adjacent to an activating group) is 1. The monoisotopic (exact) mass is 333 g/mol. The van der Waals surface area contributed by atoms with Gasteiger partial charge in [0.25, 0.3) is 11.8 Å². The number of rotatable bonds is 3. The lowest BCUT2D eigenvalue weighted by molar-refractivity contribution is 0.0740. The first-order chi connectivity index (χ1) is 11.0. The van der Waals surface area contributed by atoms with Crippen LogP contribution in [0.1, 0.15) is 32.4 Å². The average Bonchev–Trinajstić information content (AvgIpc) is 2.95. The van der Waals surface area contributed by atoms with Crippen LogP contribution in [-0.4, -0.2) is 45.1 Å². The van der Waals surface area contributed by atoms with Crippen LogP contribution < -0.4 is 5.32 Å². The van der Waals surface area contributed by atoms with Crippen molar-refractivity contribution in [3.8, 4) is 0 Å². The van der Waals surface area contributed by atoms with Crippen LogP contribution in [0.25, 0.3) is 0 Å². The lowest BCUT2D eigenvalue weighted by Gasteiger charge is -2.23. The summed E-state index contributed by atoms with van der Waals surface area (Å²) in [5.74, 6) is 0.502. The van der Waals surface area contributed by atoms with Gasteiger partial charge in [-0.25, -0.2) is 0 Å². The van der Waals surface area contributed by atoms with Gasteiger partial charge >= 0.3 is 0 Å². The third-order valence-corrected chi connectivity index (χ3v) is 4.28. The van der Waals surface area contributed by atoms with E-state index in [-0.39, 0.29) is 18.4 Å². The SMILES string of the molecule is Cc1cc(C(=O)NCc2nnc3n2CCN(C)C3=O)ccc1Cl. The molecule has 8 heteroatoms. The zero-order valence-corrected chi connectivity index (χ0v) is 13.6. The molecule has 0 saturated heterocycles. The second-order valence-electron chi connectivity index (χ2n) is 5.46. The summed E-state index contributed by atoms with van der Waals surface area (Å²) in [6, 6.07) is 5.09. The first-order valence-corrected chi connectivity index (χ1v) is 7.57. The van der Waals surface area contributed by atoms with Crippen LogP contribution in [0.4, 0.5) is 0 Å². The van der Waals surface area contributed by atoms with Crippen LogP contribution in [0.3, 0.4) is 0 Å². The topological polar surface area (TPSA) is 80.1 Å². The summed E-state index contributed by atoms with van der Waals surface area (Å²) in [4.78, 5) is 25.8. The van der Waals surface area contributed by atoms with Gasteiger partial charge in [0.05, 0.1) is 6.54 Å². The highest BCUT2D eigenvalue weighted by Gasteiger charge is 2.26. The van der Waals surface area contributed by atoms with Crippen LogP contribution in [0.15, 0.2) is 18.2 Å². The van der Waals surface area contributed by atoms with Crippen LogP contribution in [-0.2, 0) is 13.1 Å². The minimum atomic E-state index is -0.221. The molecule has 1 aromatic carbocycles. The number of carbonyl (C=O) groups is 2. The van der Waals surface area contributed by atoms with Crippen molar-refractivity contribution in [3.63, 3.8) is 0 Å². The molecule has 0 spiro atoms. The number of nitrogens with zero attached hydrogens (tertiary/aromatic N) is 4. The van der Waals surface area contributed by atoms with Gasteiger partial charge in [0.2, 0.25) is 5.82 Å². The standard InChI is InChI=1S/C15H16ClN5O2/c1-9-7-10(3-4-11(9)16)14(22)17-8-12-18-19-13-15(23)20(2)5-6-21(12)13/h3-4,7H,5-6,8H2,1-2H3,(H,17,22). The lowest BCUT2D eigenvalue weighted by atomic mass is 10.1. The Morgan fingerprint density at radius 2 is 2.13 bits per heavy atom. The Bertz CT molecular complexity index is 786. The first kappa shape index (κ1) is 15.5. The lowest BCUT2D eigenvalue weighted by Crippen LogP contribution is -2.38. The van der Waals surface area contributed by atoms with E-state index in [1.54, 1.807) is 34.7 Å². The van der Waals surface area contributed by atoms with Gasteiger partial charge in [0.15, 0.2) is 5.82 Å². The number of hydrogen-bond acceptors (Lipinski definition) is 4. The van der Waals surface area contributed by atoms with Gasteiger partial charge in [0.1, 0.15) is 0 Å². The Kier molecular flexibility index (Phi) is 4.04. The highest BCUT2D eigenvalue weighted by molar-refractivity contribution is 6.31. The van der Waals surface area contributed by atoms with Crippen molar-refractivity contribution in [1.82, 2.24) is 25.0 Å². The molecule has 3 rings (SSSR count). The fourth-order valence-corrected chi connectivity index (χ4v) is 2.55. The molecule has 1 aliphatic heterocycles. The summed E-state index contributed by atoms with van der Waals surface area (Å²) in [6.45, 7) is 3.28. The molecule has 0 bridgehead atoms. The summed E-state index contributed by atoms with van der Waals surface area (Å²) < 4.78 is 1.75. The smallest absolute Gasteiger partial charge is 0.291 e. The summed E-state index contributed by atoms with van der Waals surface area (Å²) >= 11 is 5.96. The predicted octanol–water partition coefficient (Wildman–Crippen LogP) is 1.26. The minimum absolute atomic E-state index is 0.158. The predicted molar refractivity (Wildman–Crippen MR) is 84.3 cm³/mol. The fraction of sp³-hybridized carbons (Fsp3) is 0.333. The summed E-state index contributed by atoms with van der Waals surface area (Å²) in [6.07, 6.45) is 0. The molecule has 1 aliphatic rings. The van der Waals surface area contributed by atoms with Crippen molar-refractivity contribution >= 4 is 23.4 Å². The zero-order chi connectivity index (χ0) is 16.6. The number of aryl methyl sites for hydroxylation is 1. The van der Waals surface area contributed by atoms with Crippen molar-refractivity contribution in [2.75, 3.05) is 13.6 Å². The molecule has 0 fully saturated rings. The van der Waals surface area contributed by atoms with E-state index in [2.05, 4.69) is 15.5 Å². The van der Waals surface area contributed by atoms with E-state index in [4.69, 9.17) is 11.6 Å². The van der Waals surface area contributed by atoms with Crippen LogP contribution in [0.2, 0.25) is 5.02 Å². The van der Waals surface area contributed by atoms with Gasteiger partial charge in [-0.2, -0.15) is 0 Å². The summed E-state index contributed by atoms with van der Waals surface area (Å²) in [7, 11) is 1.73. The van der Waals surface area contributed by atoms with Crippen molar-refractivity contribution in [1.29, 1.82) is 0 Å². The number of aromatic nitrogens is 3. The Labute approximate surface area is 138 Å². The number of nitrogens with one attached hydrogen (secondary N) is 1. The van der Waals surface area contributed by atoms with Gasteiger partial charge in [0, 0.05) is 30.7 Å². The van der Waals surface area contributed by atoms with Crippen LogP contribution in [0.5, 0.6) is 0 Å². The first-order valence-electron chi connectivity index (χ1n) is 7.19. The maximum absolute atomic E-state index is 12.2. The molecule has 120 valence electrons. The molecular weight excluding hydrogens is 318 g/mol. The number of benzene rings is 1. The fourth-order valence-electron chi connectivity index (χ4n) is 2.43. The molecule has 1 aromatic heterocycles. The highest BCUT2D eigenvalue weighted by Crippen LogP contribution is 2.16. The second-order valence-corrected chi connectivity index (χ2v) is 5.87. The normalized spacial score (nSPS) is 13.9. The third kappa shape index (κ3) is 2.92. The zero-order valence-electron chi connectivity index (χ0n) is 12.8. The van der Waals surface area contributed by atoms with Crippen molar-refractivity contribution in [2.24, 2.45) is 0 Å². The van der Waals surface area contributed by atoms with Gasteiger partial charge < -0.3 is 14.8 Å². The quantitative estimate of drug-likeness (QED) is 0.917. The average molecular weight is 334 g/mol. The molecule has 7 nitrogen and oxygen atoms in total.